The maximum atomic E-state index is 6.56. The van der Waals surface area contributed by atoms with Gasteiger partial charge in [0, 0.05) is 32.3 Å². The fourth-order valence-corrected chi connectivity index (χ4v) is 8.42. The average Bonchev–Trinajstić information content (AvgIpc) is 3.94. The summed E-state index contributed by atoms with van der Waals surface area (Å²) in [5.74, 6) is 0. The molecule has 0 unspecified atom stereocenters. The Morgan fingerprint density at radius 1 is 0.340 bits per heavy atom. The molecule has 12 rings (SSSR count). The van der Waals surface area contributed by atoms with Crippen LogP contribution >= 0.6 is 0 Å². The molecule has 8 aromatic carbocycles. The van der Waals surface area contributed by atoms with Crippen molar-refractivity contribution in [3.63, 3.8) is 0 Å². The highest BCUT2D eigenvalue weighted by atomic mass is 16.3. The van der Waals surface area contributed by atoms with E-state index in [4.69, 9.17) is 17.7 Å². The number of para-hydroxylation sites is 1. The second kappa shape index (κ2) is 9.43. The molecule has 0 aliphatic heterocycles. The van der Waals surface area contributed by atoms with Crippen molar-refractivity contribution in [1.29, 1.82) is 0 Å². The first kappa shape index (κ1) is 26.2. The summed E-state index contributed by atoms with van der Waals surface area (Å²) in [5.41, 5.74) is 10.6. The second-order valence-corrected chi connectivity index (χ2v) is 13.2. The Kier molecular flexibility index (Phi) is 4.94. The highest BCUT2D eigenvalue weighted by Gasteiger charge is 2.22. The Labute approximate surface area is 283 Å². The predicted molar refractivity (Wildman–Crippen MR) is 204 cm³/mol. The third kappa shape index (κ3) is 3.39. The lowest BCUT2D eigenvalue weighted by Crippen LogP contribution is -1.91. The van der Waals surface area contributed by atoms with Gasteiger partial charge in [-0.05, 0) is 98.4 Å². The number of furan rings is 4. The van der Waals surface area contributed by atoms with Crippen LogP contribution in [0.2, 0.25) is 0 Å². The molecule has 0 saturated heterocycles. The van der Waals surface area contributed by atoms with Gasteiger partial charge in [0.25, 0.3) is 0 Å². The molecule has 232 valence electrons. The Hall–Kier alpha value is -6.78. The fourth-order valence-electron chi connectivity index (χ4n) is 8.42. The molecule has 0 radical (unpaired) electrons. The van der Waals surface area contributed by atoms with E-state index in [1.165, 1.54) is 32.7 Å². The fraction of sp³-hybridized carbons (Fsp3) is 0. The highest BCUT2D eigenvalue weighted by Crippen LogP contribution is 2.48. The zero-order chi connectivity index (χ0) is 32.5. The second-order valence-electron chi connectivity index (χ2n) is 13.2. The van der Waals surface area contributed by atoms with E-state index in [0.29, 0.717) is 0 Å². The zero-order valence-electron chi connectivity index (χ0n) is 26.5. The van der Waals surface area contributed by atoms with Gasteiger partial charge in [0.2, 0.25) is 0 Å². The number of benzene rings is 8. The van der Waals surface area contributed by atoms with Gasteiger partial charge >= 0.3 is 0 Å². The molecule has 0 aliphatic rings. The Morgan fingerprint density at radius 2 is 1.00 bits per heavy atom. The summed E-state index contributed by atoms with van der Waals surface area (Å²) < 4.78 is 25.3. The molecule has 0 aliphatic carbocycles. The molecule has 0 saturated carbocycles. The Bertz CT molecular complexity index is 3330. The van der Waals surface area contributed by atoms with Crippen molar-refractivity contribution in [1.82, 2.24) is 0 Å². The zero-order valence-corrected chi connectivity index (χ0v) is 26.5. The van der Waals surface area contributed by atoms with Crippen LogP contribution in [-0.2, 0) is 0 Å². The molecule has 4 nitrogen and oxygen atoms in total. The molecule has 0 bridgehead atoms. The summed E-state index contributed by atoms with van der Waals surface area (Å²) in [6.07, 6.45) is 1.73. The van der Waals surface area contributed by atoms with Crippen LogP contribution in [0.25, 0.3) is 121 Å². The van der Waals surface area contributed by atoms with Gasteiger partial charge in [-0.15, -0.1) is 0 Å². The molecule has 4 heteroatoms. The third-order valence-electron chi connectivity index (χ3n) is 10.5. The van der Waals surface area contributed by atoms with Crippen LogP contribution in [0.1, 0.15) is 0 Å². The van der Waals surface area contributed by atoms with Gasteiger partial charge in [0.1, 0.15) is 39.1 Å². The first-order chi connectivity index (χ1) is 24.8. The predicted octanol–water partition coefficient (Wildman–Crippen LogP) is 13.8. The molecule has 0 fully saturated rings. The topological polar surface area (TPSA) is 52.6 Å². The maximum absolute atomic E-state index is 6.56. The third-order valence-corrected chi connectivity index (χ3v) is 10.5. The van der Waals surface area contributed by atoms with Crippen molar-refractivity contribution in [3.05, 3.63) is 146 Å². The minimum atomic E-state index is 0.820. The van der Waals surface area contributed by atoms with Gasteiger partial charge in [-0.1, -0.05) is 84.9 Å². The minimum Gasteiger partial charge on any atom is -0.464 e. The molecule has 0 spiro atoms. The number of hydrogen-bond donors (Lipinski definition) is 0. The first-order valence-corrected chi connectivity index (χ1v) is 16.8. The normalized spacial score (nSPS) is 12.4. The Balaban J connectivity index is 1.15. The maximum Gasteiger partial charge on any atom is 0.147 e. The van der Waals surface area contributed by atoms with Crippen LogP contribution in [0.5, 0.6) is 0 Å². The summed E-state index contributed by atoms with van der Waals surface area (Å²) in [5, 5.41) is 12.1. The van der Waals surface area contributed by atoms with E-state index in [1.54, 1.807) is 6.26 Å². The molecule has 12 aromatic rings. The van der Waals surface area contributed by atoms with Crippen molar-refractivity contribution < 1.29 is 17.7 Å². The smallest absolute Gasteiger partial charge is 0.147 e. The largest absolute Gasteiger partial charge is 0.464 e. The van der Waals surface area contributed by atoms with Gasteiger partial charge in [-0.25, -0.2) is 0 Å². The molecule has 50 heavy (non-hydrogen) atoms. The number of hydrogen-bond acceptors (Lipinski definition) is 4. The van der Waals surface area contributed by atoms with E-state index in [9.17, 15) is 0 Å². The Morgan fingerprint density at radius 3 is 1.80 bits per heavy atom. The van der Waals surface area contributed by atoms with E-state index in [0.717, 1.165) is 87.9 Å². The molecule has 0 amide bonds. The van der Waals surface area contributed by atoms with Gasteiger partial charge in [0.05, 0.1) is 11.6 Å². The van der Waals surface area contributed by atoms with Crippen molar-refractivity contribution in [3.8, 4) is 22.3 Å². The monoisotopic (exact) mass is 640 g/mol. The standard InChI is InChI=1S/C46H24O4/c1-3-11-30-28(9-1)42(26-16-17-33-40(23-26)49-38-19-18-32-27-8-5-6-14-36(27)50-46(32)45(33)38)29-10-2-4-12-31(29)43(30)34-13-7-15-37-44(34)35-24-39-25(20-21-47-39)22-41(35)48-37/h1-24H. The summed E-state index contributed by atoms with van der Waals surface area (Å²) >= 11 is 0. The molecular formula is C46H24O4. The van der Waals surface area contributed by atoms with Crippen molar-refractivity contribution in [2.75, 3.05) is 0 Å². The van der Waals surface area contributed by atoms with Crippen LogP contribution in [0, 0.1) is 0 Å². The van der Waals surface area contributed by atoms with E-state index in [1.807, 2.05) is 18.2 Å². The van der Waals surface area contributed by atoms with Gasteiger partial charge in [-0.2, -0.15) is 0 Å². The van der Waals surface area contributed by atoms with Crippen LogP contribution in [-0.4, -0.2) is 0 Å². The summed E-state index contributed by atoms with van der Waals surface area (Å²) in [6, 6.07) is 49.0. The summed E-state index contributed by atoms with van der Waals surface area (Å²) in [6.45, 7) is 0. The van der Waals surface area contributed by atoms with E-state index in [2.05, 4.69) is 121 Å². The van der Waals surface area contributed by atoms with E-state index in [-0.39, 0.29) is 0 Å². The van der Waals surface area contributed by atoms with Gasteiger partial charge in [0.15, 0.2) is 0 Å². The first-order valence-electron chi connectivity index (χ1n) is 16.8. The molecule has 4 heterocycles. The lowest BCUT2D eigenvalue weighted by atomic mass is 9.85. The highest BCUT2D eigenvalue weighted by molar-refractivity contribution is 6.27. The van der Waals surface area contributed by atoms with Gasteiger partial charge < -0.3 is 17.7 Å². The number of rotatable bonds is 2. The molecule has 4 aromatic heterocycles. The van der Waals surface area contributed by atoms with E-state index < -0.39 is 0 Å². The van der Waals surface area contributed by atoms with Crippen LogP contribution < -0.4 is 0 Å². The SMILES string of the molecule is c1ccc2c(c1)oc1c2ccc2oc3cc(-c4c5ccccc5c(-c5cccc6oc7cc8ccoc8cc7c56)c5ccccc45)ccc3c21. The van der Waals surface area contributed by atoms with Crippen molar-refractivity contribution in [2.45, 2.75) is 0 Å². The summed E-state index contributed by atoms with van der Waals surface area (Å²) in [4.78, 5) is 0. The molecule has 0 N–H and O–H groups in total. The lowest BCUT2D eigenvalue weighted by Gasteiger charge is -2.18. The summed E-state index contributed by atoms with van der Waals surface area (Å²) in [7, 11) is 0. The molecule has 0 atom stereocenters. The minimum absolute atomic E-state index is 0.820. The van der Waals surface area contributed by atoms with E-state index >= 15 is 0 Å². The molecular weight excluding hydrogens is 617 g/mol. The van der Waals surface area contributed by atoms with Crippen LogP contribution in [0.3, 0.4) is 0 Å². The quantitative estimate of drug-likeness (QED) is 0.176. The van der Waals surface area contributed by atoms with Crippen LogP contribution in [0.4, 0.5) is 0 Å². The average molecular weight is 641 g/mol. The number of fused-ring (bicyclic) bond motifs is 13. The van der Waals surface area contributed by atoms with Crippen molar-refractivity contribution >= 4 is 98.3 Å². The lowest BCUT2D eigenvalue weighted by molar-refractivity contribution is 0.616. The van der Waals surface area contributed by atoms with Gasteiger partial charge in [-0.3, -0.25) is 0 Å². The van der Waals surface area contributed by atoms with Crippen molar-refractivity contribution in [2.24, 2.45) is 0 Å². The van der Waals surface area contributed by atoms with Crippen LogP contribution in [0.15, 0.2) is 163 Å².